The molecule has 0 radical (unpaired) electrons. The van der Waals surface area contributed by atoms with E-state index in [0.29, 0.717) is 40.7 Å². The summed E-state index contributed by atoms with van der Waals surface area (Å²) in [6, 6.07) is 18.3. The number of aromatic nitrogens is 6. The van der Waals surface area contributed by atoms with E-state index < -0.39 is 15.4 Å². The molecule has 0 atom stereocenters. The Balaban J connectivity index is 1.45. The van der Waals surface area contributed by atoms with Crippen molar-refractivity contribution in [2.45, 2.75) is 37.8 Å². The van der Waals surface area contributed by atoms with Crippen molar-refractivity contribution < 1.29 is 13.2 Å². The van der Waals surface area contributed by atoms with E-state index >= 15 is 0 Å². The molecular weight excluding hydrogens is 502 g/mol. The maximum absolute atomic E-state index is 12.0. The Bertz CT molecular complexity index is 1700. The van der Waals surface area contributed by atoms with E-state index in [2.05, 4.69) is 25.4 Å². The molecule has 5 aromatic rings. The number of nitrogens with zero attached hydrogens (tertiary/aromatic N) is 6. The molecule has 1 N–H and O–H groups in total. The summed E-state index contributed by atoms with van der Waals surface area (Å²) in [5.41, 5.74) is 3.79. The first-order valence-electron chi connectivity index (χ1n) is 11.9. The molecule has 3 heterocycles. The van der Waals surface area contributed by atoms with E-state index in [1.807, 2.05) is 63.2 Å². The summed E-state index contributed by atoms with van der Waals surface area (Å²) in [6.45, 7) is 6.31. The van der Waals surface area contributed by atoms with Gasteiger partial charge in [0.25, 0.3) is 0 Å². The van der Waals surface area contributed by atoms with Crippen LogP contribution in [0.15, 0.2) is 78.2 Å². The largest absolute Gasteiger partial charge is 0.470 e. The Hall–Kier alpha value is -4.38. The molecule has 0 amide bonds. The Morgan fingerprint density at radius 1 is 0.974 bits per heavy atom. The zero-order valence-electron chi connectivity index (χ0n) is 21.5. The molecule has 0 fully saturated rings. The van der Waals surface area contributed by atoms with Gasteiger partial charge in [-0.15, -0.1) is 0 Å². The van der Waals surface area contributed by atoms with Gasteiger partial charge >= 0.3 is 0 Å². The normalized spacial score (nSPS) is 12.0. The van der Waals surface area contributed by atoms with Crippen LogP contribution in [-0.4, -0.2) is 50.0 Å². The van der Waals surface area contributed by atoms with Gasteiger partial charge in [-0.25, -0.2) is 28.1 Å². The minimum absolute atomic E-state index is 0.230. The fourth-order valence-corrected chi connectivity index (χ4v) is 4.43. The van der Waals surface area contributed by atoms with Crippen LogP contribution >= 0.6 is 0 Å². The zero-order valence-corrected chi connectivity index (χ0v) is 22.3. The number of fused-ring (bicyclic) bond motifs is 1. The lowest BCUT2D eigenvalue weighted by Crippen LogP contribution is -2.24. The first kappa shape index (κ1) is 25.3. The summed E-state index contributed by atoms with van der Waals surface area (Å²) < 4.78 is 31.9. The molecule has 0 bridgehead atoms. The van der Waals surface area contributed by atoms with E-state index in [-0.39, 0.29) is 4.90 Å². The number of hydrogen-bond donors (Lipinski definition) is 1. The van der Waals surface area contributed by atoms with Crippen LogP contribution in [0.5, 0.6) is 5.88 Å². The molecule has 0 spiro atoms. The third kappa shape index (κ3) is 5.78. The van der Waals surface area contributed by atoms with Gasteiger partial charge in [0.15, 0.2) is 15.4 Å². The molecule has 2 aromatic carbocycles. The quantitative estimate of drug-likeness (QED) is 0.325. The van der Waals surface area contributed by atoms with E-state index in [9.17, 15) is 8.42 Å². The van der Waals surface area contributed by atoms with Crippen LogP contribution in [0.2, 0.25) is 0 Å². The molecule has 5 rings (SSSR count). The van der Waals surface area contributed by atoms with Gasteiger partial charge in [-0.2, -0.15) is 10.1 Å². The second kappa shape index (κ2) is 9.82. The predicted molar refractivity (Wildman–Crippen MR) is 145 cm³/mol. The van der Waals surface area contributed by atoms with Crippen molar-refractivity contribution in [1.82, 2.24) is 29.7 Å². The molecule has 11 heteroatoms. The molecule has 3 aromatic heterocycles. The van der Waals surface area contributed by atoms with Crippen molar-refractivity contribution >= 4 is 26.8 Å². The fourth-order valence-electron chi connectivity index (χ4n) is 3.76. The van der Waals surface area contributed by atoms with Gasteiger partial charge in [-0.1, -0.05) is 24.3 Å². The van der Waals surface area contributed by atoms with Gasteiger partial charge in [0.2, 0.25) is 11.8 Å². The topological polar surface area (TPSA) is 125 Å². The highest BCUT2D eigenvalue weighted by Crippen LogP contribution is 2.29. The number of hydrogen-bond acceptors (Lipinski definition) is 9. The number of benzene rings is 2. The van der Waals surface area contributed by atoms with Crippen LogP contribution in [0, 0.1) is 0 Å². The summed E-state index contributed by atoms with van der Waals surface area (Å²) in [6.07, 6.45) is 4.33. The number of rotatable bonds is 7. The molecule has 0 aliphatic rings. The van der Waals surface area contributed by atoms with Gasteiger partial charge in [-0.3, -0.25) is 0 Å². The summed E-state index contributed by atoms with van der Waals surface area (Å²) in [5.74, 6) is 0.748. The Labute approximate surface area is 220 Å². The molecule has 0 aliphatic carbocycles. The smallest absolute Gasteiger partial charge is 0.246 e. The minimum Gasteiger partial charge on any atom is -0.470 e. The lowest BCUT2D eigenvalue weighted by molar-refractivity contribution is 0.126. The number of sulfone groups is 1. The lowest BCUT2D eigenvalue weighted by Gasteiger charge is -2.21. The highest BCUT2D eigenvalue weighted by atomic mass is 32.2. The average molecular weight is 530 g/mol. The van der Waals surface area contributed by atoms with E-state index in [1.165, 1.54) is 12.6 Å². The second-order valence-corrected chi connectivity index (χ2v) is 11.8. The molecular formula is C27H27N7O3S. The Morgan fingerprint density at radius 3 is 2.45 bits per heavy atom. The molecule has 38 heavy (non-hydrogen) atoms. The first-order valence-corrected chi connectivity index (χ1v) is 13.8. The van der Waals surface area contributed by atoms with E-state index in [4.69, 9.17) is 9.72 Å². The average Bonchev–Trinajstić information content (AvgIpc) is 3.41. The van der Waals surface area contributed by atoms with Crippen LogP contribution in [-0.2, 0) is 16.4 Å². The number of nitrogens with one attached hydrogen (secondary N) is 1. The van der Waals surface area contributed by atoms with Crippen molar-refractivity contribution in [3.63, 3.8) is 0 Å². The summed E-state index contributed by atoms with van der Waals surface area (Å²) in [5, 5.41) is 7.41. The molecule has 0 aliphatic heterocycles. The van der Waals surface area contributed by atoms with Crippen LogP contribution in [0.1, 0.15) is 26.3 Å². The molecule has 0 unspecified atom stereocenters. The molecule has 0 saturated carbocycles. The monoisotopic (exact) mass is 529 g/mol. The summed E-state index contributed by atoms with van der Waals surface area (Å²) in [4.78, 5) is 18.2. The van der Waals surface area contributed by atoms with Gasteiger partial charge in [0.1, 0.15) is 18.3 Å². The van der Waals surface area contributed by atoms with Gasteiger partial charge < -0.3 is 10.1 Å². The van der Waals surface area contributed by atoms with Crippen LogP contribution in [0.4, 0.5) is 5.95 Å². The number of anilines is 1. The number of pyridine rings is 1. The maximum atomic E-state index is 12.0. The van der Waals surface area contributed by atoms with E-state index in [0.717, 1.165) is 11.3 Å². The Morgan fingerprint density at radius 2 is 1.76 bits per heavy atom. The maximum Gasteiger partial charge on any atom is 0.246 e. The van der Waals surface area contributed by atoms with Crippen LogP contribution in [0.3, 0.4) is 0 Å². The van der Waals surface area contributed by atoms with Crippen molar-refractivity contribution in [2.75, 3.05) is 11.6 Å². The standard InChI is InChI=1S/C27H27N7O3S/c1-27(2,3)37-25-24-23(13-12-22(31-24)19-6-5-7-21(14-19)38(4,35)36)32-26(33-25)29-15-18-8-10-20(11-9-18)34-17-28-16-30-34/h5-14,16-17H,15H2,1-4H3,(H,29,32,33). The van der Waals surface area contributed by atoms with Crippen molar-refractivity contribution in [1.29, 1.82) is 0 Å². The van der Waals surface area contributed by atoms with Crippen molar-refractivity contribution in [3.8, 4) is 22.8 Å². The highest BCUT2D eigenvalue weighted by Gasteiger charge is 2.19. The first-order chi connectivity index (χ1) is 18.0. The van der Waals surface area contributed by atoms with Crippen molar-refractivity contribution in [2.24, 2.45) is 0 Å². The predicted octanol–water partition coefficient (Wildman–Crippen LogP) is 4.47. The second-order valence-electron chi connectivity index (χ2n) is 9.79. The van der Waals surface area contributed by atoms with E-state index in [1.54, 1.807) is 29.2 Å². The SMILES string of the molecule is CC(C)(C)Oc1nc(NCc2ccc(-n3cncn3)cc2)nc2ccc(-c3cccc(S(C)(=O)=O)c3)nc12. The molecule has 0 saturated heterocycles. The van der Waals surface area contributed by atoms with Crippen LogP contribution < -0.4 is 10.1 Å². The van der Waals surface area contributed by atoms with Gasteiger partial charge in [0, 0.05) is 18.4 Å². The summed E-state index contributed by atoms with van der Waals surface area (Å²) >= 11 is 0. The molecule has 10 nitrogen and oxygen atoms in total. The molecule has 194 valence electrons. The number of ether oxygens (including phenoxy) is 1. The lowest BCUT2D eigenvalue weighted by atomic mass is 10.1. The van der Waals surface area contributed by atoms with Gasteiger partial charge in [-0.05, 0) is 62.7 Å². The third-order valence-electron chi connectivity index (χ3n) is 5.54. The Kier molecular flexibility index (Phi) is 6.53. The highest BCUT2D eigenvalue weighted by molar-refractivity contribution is 7.90. The van der Waals surface area contributed by atoms with Crippen molar-refractivity contribution in [3.05, 3.63) is 78.9 Å². The minimum atomic E-state index is -3.35. The third-order valence-corrected chi connectivity index (χ3v) is 6.65. The zero-order chi connectivity index (χ0) is 26.9. The van der Waals surface area contributed by atoms with Gasteiger partial charge in [0.05, 0.1) is 21.8 Å². The fraction of sp³-hybridized carbons (Fsp3) is 0.222. The summed E-state index contributed by atoms with van der Waals surface area (Å²) in [7, 11) is -3.35. The van der Waals surface area contributed by atoms with Crippen LogP contribution in [0.25, 0.3) is 28.0 Å².